The van der Waals surface area contributed by atoms with Gasteiger partial charge in [-0.25, -0.2) is 4.79 Å². The molecule has 1 saturated carbocycles. The average molecular weight is 478 g/mol. The largest absolute Gasteiger partial charge is 0.448 e. The lowest BCUT2D eigenvalue weighted by atomic mass is 10.1. The van der Waals surface area contributed by atoms with Crippen LogP contribution < -0.4 is 10.6 Å². The molecular weight excluding hydrogens is 454 g/mol. The quantitative estimate of drug-likeness (QED) is 0.435. The molecule has 0 unspecified atom stereocenters. The number of ether oxygens (including phenoxy) is 1. The van der Waals surface area contributed by atoms with E-state index in [1.54, 1.807) is 42.9 Å². The number of rotatable bonds is 6. The van der Waals surface area contributed by atoms with Crippen molar-refractivity contribution in [3.05, 3.63) is 70.9 Å². The highest BCUT2D eigenvalue weighted by Gasteiger charge is 2.45. The van der Waals surface area contributed by atoms with Crippen LogP contribution in [0.4, 0.5) is 10.6 Å². The second-order valence-corrected chi connectivity index (χ2v) is 9.18. The van der Waals surface area contributed by atoms with Gasteiger partial charge in [-0.3, -0.25) is 9.59 Å². The Morgan fingerprint density at radius 1 is 1.12 bits per heavy atom. The van der Waals surface area contributed by atoms with Crippen molar-refractivity contribution >= 4 is 45.3 Å². The van der Waals surface area contributed by atoms with Crippen LogP contribution in [0.15, 0.2) is 54.7 Å². The molecule has 0 saturated heterocycles. The molecule has 1 aromatic carbocycles. The molecule has 3 aromatic heterocycles. The summed E-state index contributed by atoms with van der Waals surface area (Å²) < 4.78 is 7.88. The van der Waals surface area contributed by atoms with Gasteiger partial charge in [-0.2, -0.15) is 4.68 Å². The standard InChI is InChI=1S/C24H23N5O4S/c1-3-33-23(32)29-22-16(19(27-29)25-20(30)17-10-7-13-28(17)2)14-18(34-22)21(31)26-24(11-12-24)15-8-5-4-6-9-15/h4-10,13-14H,3,11-12H2,1-2H3,(H,26,31)(H,25,27,30). The van der Waals surface area contributed by atoms with Gasteiger partial charge in [0.15, 0.2) is 5.82 Å². The van der Waals surface area contributed by atoms with Gasteiger partial charge < -0.3 is 19.9 Å². The fourth-order valence-corrected chi connectivity index (χ4v) is 4.93. The number of anilines is 1. The van der Waals surface area contributed by atoms with E-state index in [1.807, 2.05) is 30.3 Å². The molecule has 1 fully saturated rings. The van der Waals surface area contributed by atoms with Crippen LogP contribution in [0.2, 0.25) is 0 Å². The second-order valence-electron chi connectivity index (χ2n) is 8.15. The molecule has 2 amide bonds. The van der Waals surface area contributed by atoms with Crippen LogP contribution in [0.5, 0.6) is 0 Å². The first kappa shape index (κ1) is 21.9. The third-order valence-electron chi connectivity index (χ3n) is 5.86. The number of carbonyl (C=O) groups is 3. The molecule has 1 aliphatic carbocycles. The molecule has 0 spiro atoms. The molecule has 2 N–H and O–H groups in total. The maximum atomic E-state index is 13.2. The zero-order valence-electron chi connectivity index (χ0n) is 18.7. The monoisotopic (exact) mass is 477 g/mol. The number of nitrogens with zero attached hydrogens (tertiary/aromatic N) is 3. The number of nitrogens with one attached hydrogen (secondary N) is 2. The maximum absolute atomic E-state index is 13.2. The Morgan fingerprint density at radius 2 is 1.88 bits per heavy atom. The van der Waals surface area contributed by atoms with Crippen LogP contribution in [-0.2, 0) is 17.3 Å². The molecule has 0 atom stereocenters. The van der Waals surface area contributed by atoms with E-state index in [-0.39, 0.29) is 29.8 Å². The number of hydrogen-bond donors (Lipinski definition) is 2. The van der Waals surface area contributed by atoms with Crippen LogP contribution >= 0.6 is 11.3 Å². The number of thiophene rings is 1. The Labute approximate surface area is 199 Å². The van der Waals surface area contributed by atoms with E-state index in [4.69, 9.17) is 4.74 Å². The zero-order chi connectivity index (χ0) is 23.9. The zero-order valence-corrected chi connectivity index (χ0v) is 19.5. The minimum atomic E-state index is -0.677. The maximum Gasteiger partial charge on any atom is 0.436 e. The Hall–Kier alpha value is -3.92. The second kappa shape index (κ2) is 8.45. The highest BCUT2D eigenvalue weighted by Crippen LogP contribution is 2.46. The summed E-state index contributed by atoms with van der Waals surface area (Å²) in [5.41, 5.74) is 1.13. The first-order valence-corrected chi connectivity index (χ1v) is 11.7. The highest BCUT2D eigenvalue weighted by molar-refractivity contribution is 7.20. The minimum Gasteiger partial charge on any atom is -0.448 e. The van der Waals surface area contributed by atoms with E-state index in [9.17, 15) is 14.4 Å². The summed E-state index contributed by atoms with van der Waals surface area (Å²) in [7, 11) is 1.76. The molecule has 1 aliphatic rings. The molecule has 34 heavy (non-hydrogen) atoms. The topological polar surface area (TPSA) is 107 Å². The van der Waals surface area contributed by atoms with E-state index in [0.717, 1.165) is 34.4 Å². The summed E-state index contributed by atoms with van der Waals surface area (Å²) in [6.07, 6.45) is 2.81. The summed E-state index contributed by atoms with van der Waals surface area (Å²) >= 11 is 1.13. The van der Waals surface area contributed by atoms with Crippen molar-refractivity contribution in [3.8, 4) is 0 Å². The van der Waals surface area contributed by atoms with E-state index in [2.05, 4.69) is 15.7 Å². The van der Waals surface area contributed by atoms with Gasteiger partial charge in [0, 0.05) is 13.2 Å². The smallest absolute Gasteiger partial charge is 0.436 e. The van der Waals surface area contributed by atoms with Crippen LogP contribution in [0, 0.1) is 0 Å². The Balaban J connectivity index is 1.47. The molecule has 0 aliphatic heterocycles. The third-order valence-corrected chi connectivity index (χ3v) is 6.97. The molecule has 4 aromatic rings. The number of benzene rings is 1. The molecule has 5 rings (SSSR count). The van der Waals surface area contributed by atoms with Crippen molar-refractivity contribution in [2.45, 2.75) is 25.3 Å². The van der Waals surface area contributed by atoms with Gasteiger partial charge in [-0.15, -0.1) is 16.4 Å². The van der Waals surface area contributed by atoms with E-state index in [0.29, 0.717) is 20.8 Å². The Bertz CT molecular complexity index is 1400. The fourth-order valence-electron chi connectivity index (χ4n) is 3.94. The summed E-state index contributed by atoms with van der Waals surface area (Å²) in [6.45, 7) is 1.87. The number of hydrogen-bond acceptors (Lipinski definition) is 6. The van der Waals surface area contributed by atoms with Gasteiger partial charge in [0.05, 0.1) is 22.4 Å². The lowest BCUT2D eigenvalue weighted by molar-refractivity contribution is 0.0934. The molecule has 3 heterocycles. The van der Waals surface area contributed by atoms with Gasteiger partial charge in [0.25, 0.3) is 11.8 Å². The number of aryl methyl sites for hydroxylation is 1. The third kappa shape index (κ3) is 3.86. The summed E-state index contributed by atoms with van der Waals surface area (Å²) in [4.78, 5) is 39.3. The predicted molar refractivity (Wildman–Crippen MR) is 128 cm³/mol. The van der Waals surface area contributed by atoms with Crippen molar-refractivity contribution in [3.63, 3.8) is 0 Å². The van der Waals surface area contributed by atoms with Gasteiger partial charge >= 0.3 is 6.09 Å². The minimum absolute atomic E-state index is 0.170. The van der Waals surface area contributed by atoms with Crippen molar-refractivity contribution in [1.82, 2.24) is 19.7 Å². The number of aromatic nitrogens is 3. The fraction of sp³-hybridized carbons (Fsp3) is 0.250. The summed E-state index contributed by atoms with van der Waals surface area (Å²) in [6, 6.07) is 15.0. The average Bonchev–Trinajstić information content (AvgIpc) is 3.14. The van der Waals surface area contributed by atoms with Crippen LogP contribution in [0.3, 0.4) is 0 Å². The van der Waals surface area contributed by atoms with E-state index in [1.165, 1.54) is 0 Å². The van der Waals surface area contributed by atoms with Gasteiger partial charge in [0.1, 0.15) is 10.5 Å². The molecule has 9 nitrogen and oxygen atoms in total. The van der Waals surface area contributed by atoms with Crippen LogP contribution in [0.1, 0.15) is 45.5 Å². The van der Waals surface area contributed by atoms with Crippen molar-refractivity contribution in [2.24, 2.45) is 7.05 Å². The van der Waals surface area contributed by atoms with Gasteiger partial charge in [0.2, 0.25) is 0 Å². The van der Waals surface area contributed by atoms with Crippen molar-refractivity contribution in [1.29, 1.82) is 0 Å². The van der Waals surface area contributed by atoms with Gasteiger partial charge in [-0.05, 0) is 43.5 Å². The normalized spacial score (nSPS) is 14.1. The molecular formula is C24H23N5O4S. The predicted octanol–water partition coefficient (Wildman–Crippen LogP) is 4.11. The Kier molecular flexibility index (Phi) is 5.45. The van der Waals surface area contributed by atoms with E-state index < -0.39 is 6.09 Å². The number of amides is 2. The van der Waals surface area contributed by atoms with Crippen LogP contribution in [-0.4, -0.2) is 38.9 Å². The SMILES string of the molecule is CCOC(=O)n1nc(NC(=O)c2cccn2C)c2cc(C(=O)NC3(c4ccccc4)CC3)sc21. The molecule has 0 radical (unpaired) electrons. The summed E-state index contributed by atoms with van der Waals surface area (Å²) in [5.74, 6) is -0.424. The lowest BCUT2D eigenvalue weighted by Gasteiger charge is -2.17. The first-order valence-electron chi connectivity index (χ1n) is 10.9. The first-order chi connectivity index (χ1) is 16.4. The number of carbonyl (C=O) groups excluding carboxylic acids is 3. The van der Waals surface area contributed by atoms with Crippen molar-refractivity contribution < 1.29 is 19.1 Å². The molecule has 10 heteroatoms. The van der Waals surface area contributed by atoms with Crippen molar-refractivity contribution in [2.75, 3.05) is 11.9 Å². The molecule has 0 bridgehead atoms. The van der Waals surface area contributed by atoms with Crippen LogP contribution in [0.25, 0.3) is 10.2 Å². The lowest BCUT2D eigenvalue weighted by Crippen LogP contribution is -2.34. The Morgan fingerprint density at radius 3 is 2.53 bits per heavy atom. The molecule has 174 valence electrons. The number of fused-ring (bicyclic) bond motifs is 1. The highest BCUT2D eigenvalue weighted by atomic mass is 32.1. The van der Waals surface area contributed by atoms with E-state index >= 15 is 0 Å². The van der Waals surface area contributed by atoms with Gasteiger partial charge in [-0.1, -0.05) is 30.3 Å². The summed E-state index contributed by atoms with van der Waals surface area (Å²) in [5, 5.41) is 10.7.